The van der Waals surface area contributed by atoms with Crippen LogP contribution in [0.2, 0.25) is 0 Å². The number of carbonyl (C=O) groups excluding carboxylic acids is 2. The van der Waals surface area contributed by atoms with Crippen molar-refractivity contribution in [2.45, 2.75) is 19.8 Å². The van der Waals surface area contributed by atoms with Crippen molar-refractivity contribution in [3.05, 3.63) is 29.8 Å². The third kappa shape index (κ3) is 3.89. The zero-order valence-corrected chi connectivity index (χ0v) is 11.5. The Morgan fingerprint density at radius 3 is 2.84 bits per heavy atom. The normalized spacial score (nSPS) is 19.4. The van der Waals surface area contributed by atoms with Gasteiger partial charge in [0.2, 0.25) is 5.91 Å². The number of carbonyl (C=O) groups is 2. The van der Waals surface area contributed by atoms with Gasteiger partial charge < -0.3 is 10.2 Å². The lowest BCUT2D eigenvalue weighted by atomic mass is 10.0. The van der Waals surface area contributed by atoms with Crippen molar-refractivity contribution < 1.29 is 9.59 Å². The Kier molecular flexibility index (Phi) is 4.32. The highest BCUT2D eigenvalue weighted by Gasteiger charge is 2.21. The highest BCUT2D eigenvalue weighted by atomic mass is 16.1. The van der Waals surface area contributed by atoms with E-state index in [0.717, 1.165) is 19.5 Å². The highest BCUT2D eigenvalue weighted by molar-refractivity contribution is 5.97. The molecule has 19 heavy (non-hydrogen) atoms. The highest BCUT2D eigenvalue weighted by Crippen LogP contribution is 2.19. The van der Waals surface area contributed by atoms with E-state index in [2.05, 4.69) is 17.3 Å². The quantitative estimate of drug-likeness (QED) is 0.844. The molecule has 1 aliphatic rings. The molecule has 1 unspecified atom stereocenters. The number of rotatable bonds is 4. The van der Waals surface area contributed by atoms with E-state index in [9.17, 15) is 9.59 Å². The van der Waals surface area contributed by atoms with Gasteiger partial charge in [0.15, 0.2) is 5.78 Å². The van der Waals surface area contributed by atoms with Crippen molar-refractivity contribution in [3.8, 4) is 0 Å². The molecule has 1 saturated heterocycles. The van der Waals surface area contributed by atoms with Crippen molar-refractivity contribution in [1.29, 1.82) is 0 Å². The van der Waals surface area contributed by atoms with Gasteiger partial charge in [0.05, 0.1) is 0 Å². The van der Waals surface area contributed by atoms with E-state index in [1.54, 1.807) is 18.2 Å². The van der Waals surface area contributed by atoms with E-state index < -0.39 is 0 Å². The topological polar surface area (TPSA) is 49.4 Å². The lowest BCUT2D eigenvalue weighted by Gasteiger charge is -2.11. The molecule has 1 aromatic rings. The predicted octanol–water partition coefficient (Wildman–Crippen LogP) is 2.17. The van der Waals surface area contributed by atoms with E-state index in [1.807, 2.05) is 6.07 Å². The number of likely N-dealkylation sites (tertiary alicyclic amines) is 1. The number of hydrogen-bond acceptors (Lipinski definition) is 3. The average Bonchev–Trinajstić information content (AvgIpc) is 2.74. The van der Waals surface area contributed by atoms with E-state index in [-0.39, 0.29) is 11.7 Å². The summed E-state index contributed by atoms with van der Waals surface area (Å²) < 4.78 is 0. The van der Waals surface area contributed by atoms with Gasteiger partial charge in [-0.2, -0.15) is 0 Å². The van der Waals surface area contributed by atoms with Crippen LogP contribution < -0.4 is 5.32 Å². The van der Waals surface area contributed by atoms with Crippen LogP contribution in [0, 0.1) is 5.92 Å². The molecule has 1 fully saturated rings. The van der Waals surface area contributed by atoms with Crippen molar-refractivity contribution in [1.82, 2.24) is 4.90 Å². The van der Waals surface area contributed by atoms with Crippen molar-refractivity contribution >= 4 is 17.4 Å². The van der Waals surface area contributed by atoms with E-state index in [1.165, 1.54) is 6.92 Å². The third-order valence-electron chi connectivity index (χ3n) is 3.52. The van der Waals surface area contributed by atoms with Crippen LogP contribution in [-0.2, 0) is 4.79 Å². The minimum absolute atomic E-state index is 0.00789. The van der Waals surface area contributed by atoms with Crippen molar-refractivity contribution in [2.75, 3.05) is 25.5 Å². The molecule has 0 aromatic heterocycles. The molecule has 0 aliphatic carbocycles. The molecule has 1 aromatic carbocycles. The predicted molar refractivity (Wildman–Crippen MR) is 75.3 cm³/mol. The van der Waals surface area contributed by atoms with E-state index in [4.69, 9.17) is 0 Å². The summed E-state index contributed by atoms with van der Waals surface area (Å²) in [6, 6.07) is 7.08. The van der Waals surface area contributed by atoms with Crippen LogP contribution in [0.5, 0.6) is 0 Å². The lowest BCUT2D eigenvalue weighted by Crippen LogP contribution is -2.19. The van der Waals surface area contributed by atoms with Crippen LogP contribution in [0.4, 0.5) is 5.69 Å². The molecular formula is C15H20N2O2. The number of ketones is 1. The van der Waals surface area contributed by atoms with E-state index >= 15 is 0 Å². The standard InChI is InChI=1S/C15H20N2O2/c1-11(18)13-4-3-5-14(9-13)16-15(19)8-12-6-7-17(2)10-12/h3-5,9,12H,6-8,10H2,1-2H3,(H,16,19). The Labute approximate surface area is 113 Å². The molecule has 4 heteroatoms. The maximum atomic E-state index is 11.9. The van der Waals surface area contributed by atoms with Crippen LogP contribution in [0.3, 0.4) is 0 Å². The van der Waals surface area contributed by atoms with Gasteiger partial charge in [0.25, 0.3) is 0 Å². The van der Waals surface area contributed by atoms with Gasteiger partial charge in [-0.05, 0) is 45.0 Å². The first-order valence-electron chi connectivity index (χ1n) is 6.64. The smallest absolute Gasteiger partial charge is 0.224 e. The Morgan fingerprint density at radius 2 is 2.21 bits per heavy atom. The summed E-state index contributed by atoms with van der Waals surface area (Å²) in [6.45, 7) is 3.58. The monoisotopic (exact) mass is 260 g/mol. The molecule has 0 bridgehead atoms. The van der Waals surface area contributed by atoms with Gasteiger partial charge in [-0.1, -0.05) is 12.1 Å². The summed E-state index contributed by atoms with van der Waals surface area (Å²) >= 11 is 0. The van der Waals surface area contributed by atoms with Gasteiger partial charge in [0, 0.05) is 24.2 Å². The molecule has 0 saturated carbocycles. The second kappa shape index (κ2) is 5.97. The van der Waals surface area contributed by atoms with Gasteiger partial charge in [-0.15, -0.1) is 0 Å². The van der Waals surface area contributed by atoms with Gasteiger partial charge in [0.1, 0.15) is 0 Å². The molecule has 1 heterocycles. The summed E-state index contributed by atoms with van der Waals surface area (Å²) in [7, 11) is 2.08. The summed E-state index contributed by atoms with van der Waals surface area (Å²) in [4.78, 5) is 25.5. The average molecular weight is 260 g/mol. The summed E-state index contributed by atoms with van der Waals surface area (Å²) in [6.07, 6.45) is 1.63. The molecular weight excluding hydrogens is 240 g/mol. The molecule has 102 valence electrons. The Balaban J connectivity index is 1.91. The molecule has 1 atom stereocenters. The van der Waals surface area contributed by atoms with E-state index in [0.29, 0.717) is 23.6 Å². The number of benzene rings is 1. The molecule has 1 aliphatic heterocycles. The molecule has 1 amide bonds. The van der Waals surface area contributed by atoms with Crippen LogP contribution in [0.1, 0.15) is 30.1 Å². The first-order chi connectivity index (χ1) is 9.04. The second-order valence-electron chi connectivity index (χ2n) is 5.31. The molecule has 0 radical (unpaired) electrons. The number of hydrogen-bond donors (Lipinski definition) is 1. The largest absolute Gasteiger partial charge is 0.326 e. The fourth-order valence-corrected chi connectivity index (χ4v) is 2.48. The number of anilines is 1. The number of Topliss-reactive ketones (excluding diaryl/α,β-unsaturated/α-hetero) is 1. The maximum Gasteiger partial charge on any atom is 0.224 e. The van der Waals surface area contributed by atoms with Gasteiger partial charge >= 0.3 is 0 Å². The zero-order chi connectivity index (χ0) is 13.8. The summed E-state index contributed by atoms with van der Waals surface area (Å²) in [5.41, 5.74) is 1.32. The fraction of sp³-hybridized carbons (Fsp3) is 0.467. The minimum Gasteiger partial charge on any atom is -0.326 e. The lowest BCUT2D eigenvalue weighted by molar-refractivity contribution is -0.117. The Hall–Kier alpha value is -1.68. The van der Waals surface area contributed by atoms with Gasteiger partial charge in [-0.25, -0.2) is 0 Å². The molecule has 1 N–H and O–H groups in total. The minimum atomic E-state index is 0.00789. The van der Waals surface area contributed by atoms with Crippen molar-refractivity contribution in [2.24, 2.45) is 5.92 Å². The summed E-state index contributed by atoms with van der Waals surface area (Å²) in [5, 5.41) is 2.87. The SMILES string of the molecule is CC(=O)c1cccc(NC(=O)CC2CCN(C)C2)c1. The zero-order valence-electron chi connectivity index (χ0n) is 11.5. The summed E-state index contributed by atoms with van der Waals surface area (Å²) in [5.74, 6) is 0.482. The molecule has 2 rings (SSSR count). The van der Waals surface area contributed by atoms with Crippen LogP contribution in [0.15, 0.2) is 24.3 Å². The first-order valence-corrected chi connectivity index (χ1v) is 6.64. The van der Waals surface area contributed by atoms with Crippen LogP contribution in [0.25, 0.3) is 0 Å². The first kappa shape index (κ1) is 13.7. The second-order valence-corrected chi connectivity index (χ2v) is 5.31. The van der Waals surface area contributed by atoms with Crippen LogP contribution in [-0.4, -0.2) is 36.7 Å². The van der Waals surface area contributed by atoms with Gasteiger partial charge in [-0.3, -0.25) is 9.59 Å². The number of nitrogens with one attached hydrogen (secondary N) is 1. The fourth-order valence-electron chi connectivity index (χ4n) is 2.48. The molecule has 4 nitrogen and oxygen atoms in total. The molecule has 0 spiro atoms. The Morgan fingerprint density at radius 1 is 1.42 bits per heavy atom. The van der Waals surface area contributed by atoms with Crippen LogP contribution >= 0.6 is 0 Å². The maximum absolute atomic E-state index is 11.9. The number of nitrogens with zero attached hydrogens (tertiary/aromatic N) is 1. The number of amides is 1. The third-order valence-corrected chi connectivity index (χ3v) is 3.52. The van der Waals surface area contributed by atoms with Crippen molar-refractivity contribution in [3.63, 3.8) is 0 Å². The Bertz CT molecular complexity index is 485.